The molecule has 29 heavy (non-hydrogen) atoms. The Kier molecular flexibility index (Phi) is 8.09. The second-order valence-electron chi connectivity index (χ2n) is 6.65. The third-order valence-corrected chi connectivity index (χ3v) is 4.10. The van der Waals surface area contributed by atoms with Gasteiger partial charge >= 0.3 is 0 Å². The Morgan fingerprint density at radius 1 is 1.00 bits per heavy atom. The highest BCUT2D eigenvalue weighted by atomic mass is 19.1. The highest BCUT2D eigenvalue weighted by Crippen LogP contribution is 2.17. The predicted molar refractivity (Wildman–Crippen MR) is 105 cm³/mol. The highest BCUT2D eigenvalue weighted by Gasteiger charge is 2.27. The molecule has 6 nitrogen and oxygen atoms in total. The number of benzene rings is 2. The summed E-state index contributed by atoms with van der Waals surface area (Å²) in [6, 6.07) is 8.81. The van der Waals surface area contributed by atoms with E-state index < -0.39 is 35.1 Å². The molecule has 0 aliphatic heterocycles. The lowest BCUT2D eigenvalue weighted by atomic mass is 10.0. The molecular formula is C21H24F2N2O4. The van der Waals surface area contributed by atoms with Crippen molar-refractivity contribution in [2.24, 2.45) is 5.92 Å². The minimum absolute atomic E-state index is 0.314. The molecule has 0 bridgehead atoms. The molecule has 0 saturated carbocycles. The molecular weight excluding hydrogens is 382 g/mol. The summed E-state index contributed by atoms with van der Waals surface area (Å²) in [6.07, 6.45) is 0. The maximum absolute atomic E-state index is 13.8. The van der Waals surface area contributed by atoms with Crippen LogP contribution in [0.1, 0.15) is 24.2 Å². The molecule has 0 aliphatic rings. The fourth-order valence-corrected chi connectivity index (χ4v) is 2.56. The van der Waals surface area contributed by atoms with E-state index in [2.05, 4.69) is 10.6 Å². The van der Waals surface area contributed by atoms with Gasteiger partial charge in [-0.1, -0.05) is 19.9 Å². The van der Waals surface area contributed by atoms with Gasteiger partial charge in [0.1, 0.15) is 35.6 Å². The summed E-state index contributed by atoms with van der Waals surface area (Å²) < 4.78 is 38.0. The molecule has 2 N–H and O–H groups in total. The molecule has 1 atom stereocenters. The number of amides is 2. The maximum Gasteiger partial charge on any atom is 0.257 e. The first-order valence-corrected chi connectivity index (χ1v) is 9.11. The van der Waals surface area contributed by atoms with Crippen molar-refractivity contribution in [3.63, 3.8) is 0 Å². The standard InChI is InChI=1S/C21H24F2N2O4/c1-13(2)19(25-20(26)18-16(22)5-4-6-17(18)23)21(27)24-14-7-9-15(10-8-14)29-12-11-28-3/h4-10,13,19H,11-12H2,1-3H3,(H,24,27)(H,25,26). The number of rotatable bonds is 9. The molecule has 0 radical (unpaired) electrons. The van der Waals surface area contributed by atoms with Gasteiger partial charge in [0.15, 0.2) is 0 Å². The van der Waals surface area contributed by atoms with Crippen molar-refractivity contribution in [1.82, 2.24) is 5.32 Å². The fraction of sp³-hybridized carbons (Fsp3) is 0.333. The molecule has 0 aliphatic carbocycles. The molecule has 156 valence electrons. The lowest BCUT2D eigenvalue weighted by Gasteiger charge is -2.22. The van der Waals surface area contributed by atoms with Crippen LogP contribution in [0.5, 0.6) is 5.75 Å². The summed E-state index contributed by atoms with van der Waals surface area (Å²) in [5.74, 6) is -3.17. The number of ether oxygens (including phenoxy) is 2. The molecule has 1 unspecified atom stereocenters. The fourth-order valence-electron chi connectivity index (χ4n) is 2.56. The van der Waals surface area contributed by atoms with E-state index in [1.165, 1.54) is 0 Å². The second-order valence-corrected chi connectivity index (χ2v) is 6.65. The van der Waals surface area contributed by atoms with Crippen LogP contribution in [-0.4, -0.2) is 38.2 Å². The largest absolute Gasteiger partial charge is 0.491 e. The van der Waals surface area contributed by atoms with Crippen LogP contribution < -0.4 is 15.4 Å². The first-order chi connectivity index (χ1) is 13.8. The number of nitrogens with one attached hydrogen (secondary N) is 2. The van der Waals surface area contributed by atoms with Crippen LogP contribution in [0.15, 0.2) is 42.5 Å². The van der Waals surface area contributed by atoms with Gasteiger partial charge in [0.05, 0.1) is 6.61 Å². The van der Waals surface area contributed by atoms with E-state index in [9.17, 15) is 18.4 Å². The zero-order valence-corrected chi connectivity index (χ0v) is 16.5. The van der Waals surface area contributed by atoms with Gasteiger partial charge in [0.25, 0.3) is 5.91 Å². The van der Waals surface area contributed by atoms with E-state index in [0.717, 1.165) is 18.2 Å². The quantitative estimate of drug-likeness (QED) is 0.626. The van der Waals surface area contributed by atoms with E-state index in [1.54, 1.807) is 45.2 Å². The number of carbonyl (C=O) groups excluding carboxylic acids is 2. The minimum atomic E-state index is -0.991. The van der Waals surface area contributed by atoms with Gasteiger partial charge in [-0.3, -0.25) is 9.59 Å². The third-order valence-electron chi connectivity index (χ3n) is 4.10. The Morgan fingerprint density at radius 2 is 1.62 bits per heavy atom. The van der Waals surface area contributed by atoms with Gasteiger partial charge in [-0.05, 0) is 42.3 Å². The van der Waals surface area contributed by atoms with E-state index in [-0.39, 0.29) is 5.92 Å². The predicted octanol–water partition coefficient (Wildman–Crippen LogP) is 3.38. The van der Waals surface area contributed by atoms with E-state index in [0.29, 0.717) is 24.7 Å². The zero-order valence-electron chi connectivity index (χ0n) is 16.5. The van der Waals surface area contributed by atoms with E-state index >= 15 is 0 Å². The molecule has 0 saturated heterocycles. The smallest absolute Gasteiger partial charge is 0.257 e. The maximum atomic E-state index is 13.8. The number of hydrogen-bond acceptors (Lipinski definition) is 4. The van der Waals surface area contributed by atoms with Crippen molar-refractivity contribution < 1.29 is 27.8 Å². The zero-order chi connectivity index (χ0) is 21.4. The molecule has 2 aromatic carbocycles. The van der Waals surface area contributed by atoms with Crippen molar-refractivity contribution in [2.75, 3.05) is 25.6 Å². The molecule has 0 spiro atoms. The lowest BCUT2D eigenvalue weighted by molar-refractivity contribution is -0.118. The van der Waals surface area contributed by atoms with Crippen molar-refractivity contribution in [1.29, 1.82) is 0 Å². The molecule has 2 rings (SSSR count). The van der Waals surface area contributed by atoms with E-state index in [1.807, 2.05) is 0 Å². The summed E-state index contributed by atoms with van der Waals surface area (Å²) in [5, 5.41) is 5.09. The lowest BCUT2D eigenvalue weighted by Crippen LogP contribution is -2.47. The summed E-state index contributed by atoms with van der Waals surface area (Å²) in [5.41, 5.74) is -0.227. The Labute approximate surface area is 168 Å². The minimum Gasteiger partial charge on any atom is -0.491 e. The van der Waals surface area contributed by atoms with Crippen molar-refractivity contribution in [3.05, 3.63) is 59.7 Å². The van der Waals surface area contributed by atoms with Crippen LogP contribution in [0.25, 0.3) is 0 Å². The third kappa shape index (κ3) is 6.25. The molecule has 0 fully saturated rings. The normalized spacial score (nSPS) is 11.8. The highest BCUT2D eigenvalue weighted by molar-refractivity contribution is 6.01. The Bertz CT molecular complexity index is 821. The summed E-state index contributed by atoms with van der Waals surface area (Å²) >= 11 is 0. The number of anilines is 1. The number of halogens is 2. The summed E-state index contributed by atoms with van der Waals surface area (Å²) in [6.45, 7) is 4.29. The van der Waals surface area contributed by atoms with Crippen LogP contribution in [-0.2, 0) is 9.53 Å². The molecule has 0 aromatic heterocycles. The van der Waals surface area contributed by atoms with Gasteiger partial charge in [-0.2, -0.15) is 0 Å². The van der Waals surface area contributed by atoms with Gasteiger partial charge in [0.2, 0.25) is 5.91 Å². The van der Waals surface area contributed by atoms with Crippen molar-refractivity contribution in [2.45, 2.75) is 19.9 Å². The SMILES string of the molecule is COCCOc1ccc(NC(=O)C(NC(=O)c2c(F)cccc2F)C(C)C)cc1. The van der Waals surface area contributed by atoms with Crippen LogP contribution in [0, 0.1) is 17.6 Å². The average Bonchev–Trinajstić information content (AvgIpc) is 2.67. The average molecular weight is 406 g/mol. The second kappa shape index (κ2) is 10.5. The van der Waals surface area contributed by atoms with Gasteiger partial charge < -0.3 is 20.1 Å². The topological polar surface area (TPSA) is 76.7 Å². The Hall–Kier alpha value is -3.00. The molecule has 0 heterocycles. The van der Waals surface area contributed by atoms with Gasteiger partial charge in [-0.25, -0.2) is 8.78 Å². The first kappa shape index (κ1) is 22.3. The Balaban J connectivity index is 2.05. The van der Waals surface area contributed by atoms with Crippen molar-refractivity contribution >= 4 is 17.5 Å². The molecule has 2 aromatic rings. The Morgan fingerprint density at radius 3 is 2.17 bits per heavy atom. The number of carbonyl (C=O) groups is 2. The number of hydrogen-bond donors (Lipinski definition) is 2. The van der Waals surface area contributed by atoms with Crippen LogP contribution in [0.2, 0.25) is 0 Å². The monoisotopic (exact) mass is 406 g/mol. The summed E-state index contributed by atoms with van der Waals surface area (Å²) in [7, 11) is 1.58. The molecule has 8 heteroatoms. The van der Waals surface area contributed by atoms with Crippen LogP contribution >= 0.6 is 0 Å². The van der Waals surface area contributed by atoms with Crippen LogP contribution in [0.3, 0.4) is 0 Å². The molecule has 2 amide bonds. The first-order valence-electron chi connectivity index (χ1n) is 9.11. The number of methoxy groups -OCH3 is 1. The van der Waals surface area contributed by atoms with Gasteiger partial charge in [0, 0.05) is 12.8 Å². The van der Waals surface area contributed by atoms with E-state index in [4.69, 9.17) is 9.47 Å². The van der Waals surface area contributed by atoms with Crippen molar-refractivity contribution in [3.8, 4) is 5.75 Å². The summed E-state index contributed by atoms with van der Waals surface area (Å²) in [4.78, 5) is 25.0. The van der Waals surface area contributed by atoms with Crippen LogP contribution in [0.4, 0.5) is 14.5 Å². The van der Waals surface area contributed by atoms with Gasteiger partial charge in [-0.15, -0.1) is 0 Å².